The fraction of sp³-hybridized carbons (Fsp3) is 0.536. The van der Waals surface area contributed by atoms with Crippen LogP contribution in [0.4, 0.5) is 0 Å². The van der Waals surface area contributed by atoms with Gasteiger partial charge in [-0.25, -0.2) is 17.9 Å². The molecule has 5 heterocycles. The lowest BCUT2D eigenvalue weighted by Gasteiger charge is -2.38. The van der Waals surface area contributed by atoms with E-state index in [1.165, 1.54) is 11.1 Å². The smallest absolute Gasteiger partial charge is 0.163 e. The van der Waals surface area contributed by atoms with Gasteiger partial charge in [0.05, 0.1) is 22.5 Å². The largest absolute Gasteiger partial charge is 0.353 e. The molecule has 1 aliphatic carbocycles. The number of aryl methyl sites for hydroxylation is 1. The molecule has 0 unspecified atom stereocenters. The van der Waals surface area contributed by atoms with Crippen molar-refractivity contribution < 1.29 is 8.42 Å². The van der Waals surface area contributed by atoms with Gasteiger partial charge in [-0.3, -0.25) is 9.88 Å². The van der Waals surface area contributed by atoms with Crippen LogP contribution in [0.2, 0.25) is 0 Å². The van der Waals surface area contributed by atoms with Crippen LogP contribution >= 0.6 is 0 Å². The molecule has 8 nitrogen and oxygen atoms in total. The van der Waals surface area contributed by atoms with Gasteiger partial charge in [-0.1, -0.05) is 13.8 Å². The molecule has 196 valence electrons. The lowest BCUT2D eigenvalue weighted by Crippen LogP contribution is -2.45. The molecule has 2 fully saturated rings. The van der Waals surface area contributed by atoms with E-state index in [1.807, 2.05) is 4.52 Å². The van der Waals surface area contributed by atoms with Gasteiger partial charge in [-0.15, -0.1) is 0 Å². The van der Waals surface area contributed by atoms with Crippen molar-refractivity contribution in [3.8, 4) is 11.3 Å². The van der Waals surface area contributed by atoms with E-state index in [-0.39, 0.29) is 5.88 Å². The maximum absolute atomic E-state index is 12.1. The van der Waals surface area contributed by atoms with Gasteiger partial charge in [0, 0.05) is 41.5 Å². The van der Waals surface area contributed by atoms with Crippen molar-refractivity contribution in [3.05, 3.63) is 47.0 Å². The SMILES string of the molecule is Cc1c(-c2[nH]c3ccc(C4CCC(N5CCCS(=O)(=O)C5)CC4)nc3c2C(C)C)cn2ncnc2c1C. The molecule has 2 aliphatic rings. The minimum Gasteiger partial charge on any atom is -0.353 e. The maximum Gasteiger partial charge on any atom is 0.163 e. The molecule has 1 saturated carbocycles. The molecule has 0 spiro atoms. The highest BCUT2D eigenvalue weighted by atomic mass is 32.2. The average Bonchev–Trinajstić information content (AvgIpc) is 3.50. The second kappa shape index (κ2) is 9.20. The summed E-state index contributed by atoms with van der Waals surface area (Å²) >= 11 is 0. The Balaban J connectivity index is 1.31. The van der Waals surface area contributed by atoms with Crippen LogP contribution < -0.4 is 0 Å². The first-order valence-electron chi connectivity index (χ1n) is 13.5. The van der Waals surface area contributed by atoms with Crippen molar-refractivity contribution in [3.63, 3.8) is 0 Å². The zero-order valence-electron chi connectivity index (χ0n) is 22.2. The quantitative estimate of drug-likeness (QED) is 0.401. The fourth-order valence-electron chi connectivity index (χ4n) is 6.45. The molecule has 1 saturated heterocycles. The third-order valence-corrected chi connectivity index (χ3v) is 10.2. The molecule has 6 rings (SSSR count). The van der Waals surface area contributed by atoms with Crippen molar-refractivity contribution >= 4 is 26.5 Å². The monoisotopic (exact) mass is 520 g/mol. The molecule has 37 heavy (non-hydrogen) atoms. The summed E-state index contributed by atoms with van der Waals surface area (Å²) in [6.45, 7) is 9.62. The number of pyridine rings is 2. The molecule has 0 radical (unpaired) electrons. The van der Waals surface area contributed by atoms with Gasteiger partial charge in [-0.05, 0) is 75.1 Å². The highest BCUT2D eigenvalue weighted by Gasteiger charge is 2.32. The maximum atomic E-state index is 12.1. The first-order valence-corrected chi connectivity index (χ1v) is 15.3. The number of sulfone groups is 1. The van der Waals surface area contributed by atoms with Crippen LogP contribution in [0.25, 0.3) is 27.9 Å². The van der Waals surface area contributed by atoms with E-state index in [9.17, 15) is 8.42 Å². The Bertz CT molecular complexity index is 1580. The van der Waals surface area contributed by atoms with Crippen molar-refractivity contribution in [1.82, 2.24) is 29.5 Å². The summed E-state index contributed by atoms with van der Waals surface area (Å²) in [5, 5.41) is 4.40. The van der Waals surface area contributed by atoms with Crippen LogP contribution in [0.1, 0.15) is 80.2 Å². The molecular formula is C28H36N6O2S. The number of aromatic nitrogens is 5. The lowest BCUT2D eigenvalue weighted by atomic mass is 9.83. The normalized spacial score (nSPS) is 22.8. The summed E-state index contributed by atoms with van der Waals surface area (Å²) in [4.78, 5) is 15.6. The molecule has 0 amide bonds. The van der Waals surface area contributed by atoms with Crippen LogP contribution in [-0.4, -0.2) is 62.1 Å². The number of fused-ring (bicyclic) bond motifs is 2. The van der Waals surface area contributed by atoms with Crippen LogP contribution in [0, 0.1) is 13.8 Å². The van der Waals surface area contributed by atoms with Gasteiger partial charge >= 0.3 is 0 Å². The van der Waals surface area contributed by atoms with E-state index < -0.39 is 9.84 Å². The summed E-state index contributed by atoms with van der Waals surface area (Å²) < 4.78 is 26.1. The molecule has 1 aliphatic heterocycles. The van der Waals surface area contributed by atoms with Crippen molar-refractivity contribution in [1.29, 1.82) is 0 Å². The molecule has 4 aromatic heterocycles. The number of rotatable bonds is 4. The predicted octanol–water partition coefficient (Wildman–Crippen LogP) is 5.12. The highest BCUT2D eigenvalue weighted by Crippen LogP contribution is 2.40. The molecule has 0 atom stereocenters. The van der Waals surface area contributed by atoms with Crippen LogP contribution in [-0.2, 0) is 9.84 Å². The third-order valence-electron chi connectivity index (χ3n) is 8.57. The number of hydrogen-bond acceptors (Lipinski definition) is 6. The summed E-state index contributed by atoms with van der Waals surface area (Å²) in [6.07, 6.45) is 8.61. The Morgan fingerprint density at radius 3 is 2.59 bits per heavy atom. The first kappa shape index (κ1) is 24.6. The predicted molar refractivity (Wildman–Crippen MR) is 147 cm³/mol. The molecule has 0 bridgehead atoms. The zero-order valence-corrected chi connectivity index (χ0v) is 23.0. The van der Waals surface area contributed by atoms with Gasteiger partial charge in [0.2, 0.25) is 0 Å². The van der Waals surface area contributed by atoms with Gasteiger partial charge in [0.1, 0.15) is 12.2 Å². The standard InChI is InChI=1S/C28H36N6O2S/c1-17(2)25-26(22-14-34-28(29-15-30-34)19(4)18(22)3)32-24-11-10-23(31-27(24)25)20-6-8-21(9-7-20)33-12-5-13-37(35,36)16-33/h10-11,14-15,17,20-21,32H,5-9,12-13,16H2,1-4H3. The number of H-pyrrole nitrogens is 1. The molecule has 9 heteroatoms. The summed E-state index contributed by atoms with van der Waals surface area (Å²) in [7, 11) is -2.92. The van der Waals surface area contributed by atoms with E-state index in [1.54, 1.807) is 6.33 Å². The highest BCUT2D eigenvalue weighted by molar-refractivity contribution is 7.91. The topological polar surface area (TPSA) is 96.2 Å². The van der Waals surface area contributed by atoms with Gasteiger partial charge in [-0.2, -0.15) is 5.10 Å². The summed E-state index contributed by atoms with van der Waals surface area (Å²) in [5.41, 5.74) is 9.99. The van der Waals surface area contributed by atoms with Crippen molar-refractivity contribution in [2.24, 2.45) is 0 Å². The lowest BCUT2D eigenvalue weighted by molar-refractivity contribution is 0.166. The van der Waals surface area contributed by atoms with Crippen LogP contribution in [0.3, 0.4) is 0 Å². The van der Waals surface area contributed by atoms with Gasteiger partial charge < -0.3 is 4.98 Å². The molecule has 1 N–H and O–H groups in total. The Labute approximate surface area is 218 Å². The second-order valence-electron chi connectivity index (χ2n) is 11.3. The van der Waals surface area contributed by atoms with E-state index in [4.69, 9.17) is 4.98 Å². The zero-order chi connectivity index (χ0) is 25.9. The minimum absolute atomic E-state index is 0.232. The number of aromatic amines is 1. The van der Waals surface area contributed by atoms with Crippen LogP contribution in [0.5, 0.6) is 0 Å². The van der Waals surface area contributed by atoms with E-state index in [0.717, 1.165) is 77.8 Å². The van der Waals surface area contributed by atoms with Crippen LogP contribution in [0.15, 0.2) is 24.7 Å². The van der Waals surface area contributed by atoms with E-state index in [0.29, 0.717) is 23.6 Å². The summed E-state index contributed by atoms with van der Waals surface area (Å²) in [6, 6.07) is 4.74. The first-order chi connectivity index (χ1) is 17.7. The van der Waals surface area contributed by atoms with Gasteiger partial charge in [0.15, 0.2) is 15.5 Å². The van der Waals surface area contributed by atoms with Crippen molar-refractivity contribution in [2.45, 2.75) is 77.7 Å². The Morgan fingerprint density at radius 1 is 1.08 bits per heavy atom. The number of nitrogens with one attached hydrogen (secondary N) is 1. The second-order valence-corrected chi connectivity index (χ2v) is 13.4. The minimum atomic E-state index is -2.92. The summed E-state index contributed by atoms with van der Waals surface area (Å²) in [5.74, 6) is 1.28. The molecule has 4 aromatic rings. The Kier molecular flexibility index (Phi) is 6.11. The fourth-order valence-corrected chi connectivity index (χ4v) is 7.99. The number of nitrogens with zero attached hydrogens (tertiary/aromatic N) is 5. The average molecular weight is 521 g/mol. The third kappa shape index (κ3) is 4.36. The van der Waals surface area contributed by atoms with E-state index in [2.05, 4.69) is 66.0 Å². The van der Waals surface area contributed by atoms with Gasteiger partial charge in [0.25, 0.3) is 0 Å². The molecule has 0 aromatic carbocycles. The Morgan fingerprint density at radius 2 is 1.86 bits per heavy atom. The number of hydrogen-bond donors (Lipinski definition) is 1. The Hall–Kier alpha value is -2.78. The van der Waals surface area contributed by atoms with Crippen molar-refractivity contribution in [2.75, 3.05) is 18.2 Å². The molecular weight excluding hydrogens is 484 g/mol. The van der Waals surface area contributed by atoms with E-state index >= 15 is 0 Å².